The number of likely N-dealkylation sites (N-methyl/N-ethyl adjacent to an activating group) is 1. The summed E-state index contributed by atoms with van der Waals surface area (Å²) in [5.41, 5.74) is 3.35. The lowest BCUT2D eigenvalue weighted by Crippen LogP contribution is -2.47. The molecule has 12 nitrogen and oxygen atoms in total. The molecule has 0 bridgehead atoms. The van der Waals surface area contributed by atoms with Gasteiger partial charge in [0, 0.05) is 71.1 Å². The third-order valence-electron chi connectivity index (χ3n) is 7.43. The van der Waals surface area contributed by atoms with Crippen molar-refractivity contribution in [3.05, 3.63) is 47.7 Å². The minimum atomic E-state index is -0.831. The monoisotopic (exact) mass is 572 g/mol. The van der Waals surface area contributed by atoms with Crippen molar-refractivity contribution < 1.29 is 27.9 Å². The second kappa shape index (κ2) is 12.2. The third-order valence-corrected chi connectivity index (χ3v) is 7.43. The Labute approximate surface area is 236 Å². The molecule has 1 aromatic heterocycles. The first-order valence-electron chi connectivity index (χ1n) is 13.6. The molecule has 1 aromatic carbocycles. The van der Waals surface area contributed by atoms with Crippen molar-refractivity contribution >= 4 is 35.1 Å². The maximum Gasteiger partial charge on any atom is 0.414 e. The number of piperazine rings is 1. The van der Waals surface area contributed by atoms with E-state index in [9.17, 15) is 14.4 Å². The summed E-state index contributed by atoms with van der Waals surface area (Å²) in [6, 6.07) is 5.66. The summed E-state index contributed by atoms with van der Waals surface area (Å²) in [6.45, 7) is 5.64. The fourth-order valence-corrected chi connectivity index (χ4v) is 5.21. The first-order valence-corrected chi connectivity index (χ1v) is 13.6. The number of carbonyl (C=O) groups excluding carboxylic acids is 3. The lowest BCUT2D eigenvalue weighted by molar-refractivity contribution is -0.119. The van der Waals surface area contributed by atoms with E-state index >= 15 is 8.78 Å². The van der Waals surface area contributed by atoms with Crippen LogP contribution in [0.4, 0.5) is 30.8 Å². The van der Waals surface area contributed by atoms with E-state index in [0.29, 0.717) is 11.4 Å². The minimum Gasteiger partial charge on any atom is -0.442 e. The normalized spacial score (nSPS) is 20.2. The molecule has 0 spiro atoms. The number of hydrogen-bond donors (Lipinski definition) is 2. The predicted octanol–water partition coefficient (Wildman–Crippen LogP) is 1.04. The number of cyclic esters (lactones) is 1. The Morgan fingerprint density at radius 2 is 1.78 bits per heavy atom. The molecule has 3 aliphatic rings. The Morgan fingerprint density at radius 1 is 1.07 bits per heavy atom. The van der Waals surface area contributed by atoms with Gasteiger partial charge in [-0.2, -0.15) is 0 Å². The maximum atomic E-state index is 15.3. The molecule has 0 radical (unpaired) electrons. The largest absolute Gasteiger partial charge is 0.442 e. The van der Waals surface area contributed by atoms with Crippen LogP contribution >= 0.6 is 0 Å². The highest BCUT2D eigenvalue weighted by atomic mass is 19.1. The van der Waals surface area contributed by atoms with Gasteiger partial charge in [-0.1, -0.05) is 0 Å². The number of hydrazine groups is 1. The molecular weight excluding hydrogens is 538 g/mol. The smallest absolute Gasteiger partial charge is 0.414 e. The number of rotatable bonds is 6. The van der Waals surface area contributed by atoms with Gasteiger partial charge in [-0.3, -0.25) is 19.5 Å². The number of nitrogens with one attached hydrogen (secondary N) is 2. The van der Waals surface area contributed by atoms with Gasteiger partial charge < -0.3 is 24.8 Å². The average Bonchev–Trinajstić information content (AvgIpc) is 3.16. The number of anilines is 3. The van der Waals surface area contributed by atoms with Crippen LogP contribution < -0.4 is 25.4 Å². The minimum absolute atomic E-state index is 0.0249. The maximum absolute atomic E-state index is 15.3. The summed E-state index contributed by atoms with van der Waals surface area (Å²) < 4.78 is 35.9. The molecule has 2 N–H and O–H groups in total. The van der Waals surface area contributed by atoms with E-state index in [2.05, 4.69) is 32.6 Å². The van der Waals surface area contributed by atoms with Crippen LogP contribution in [0.1, 0.15) is 17.3 Å². The fourth-order valence-electron chi connectivity index (χ4n) is 5.21. The molecule has 3 fully saturated rings. The van der Waals surface area contributed by atoms with Crippen LogP contribution in [0.25, 0.3) is 0 Å². The molecular formula is C27H34F2N8O4. The molecule has 3 aliphatic heterocycles. The molecule has 41 heavy (non-hydrogen) atoms. The van der Waals surface area contributed by atoms with Crippen LogP contribution in [0.15, 0.2) is 30.5 Å². The van der Waals surface area contributed by atoms with Crippen molar-refractivity contribution in [3.8, 4) is 0 Å². The summed E-state index contributed by atoms with van der Waals surface area (Å²) in [5, 5.41) is 4.03. The van der Waals surface area contributed by atoms with Gasteiger partial charge in [0.25, 0.3) is 5.91 Å². The molecule has 3 amide bonds. The highest BCUT2D eigenvalue weighted by molar-refractivity contribution is 5.98. The van der Waals surface area contributed by atoms with Crippen LogP contribution in [0, 0.1) is 11.6 Å². The molecule has 3 saturated heterocycles. The number of halogens is 2. The van der Waals surface area contributed by atoms with E-state index in [-0.39, 0.29) is 62.5 Å². The van der Waals surface area contributed by atoms with Gasteiger partial charge in [0.1, 0.15) is 17.6 Å². The molecule has 14 heteroatoms. The van der Waals surface area contributed by atoms with E-state index in [4.69, 9.17) is 4.74 Å². The Balaban J connectivity index is 1.27. The third kappa shape index (κ3) is 6.33. The van der Waals surface area contributed by atoms with Crippen LogP contribution in [0.2, 0.25) is 0 Å². The molecule has 4 heterocycles. The van der Waals surface area contributed by atoms with Crippen molar-refractivity contribution in [3.63, 3.8) is 0 Å². The molecule has 0 unspecified atom stereocenters. The topological polar surface area (TPSA) is 114 Å². The lowest BCUT2D eigenvalue weighted by atomic mass is 10.2. The fraction of sp³-hybridized carbons (Fsp3) is 0.481. The Morgan fingerprint density at radius 3 is 2.49 bits per heavy atom. The van der Waals surface area contributed by atoms with Gasteiger partial charge in [0.15, 0.2) is 11.6 Å². The van der Waals surface area contributed by atoms with E-state index < -0.39 is 23.8 Å². The van der Waals surface area contributed by atoms with Crippen LogP contribution in [0.5, 0.6) is 0 Å². The van der Waals surface area contributed by atoms with Gasteiger partial charge >= 0.3 is 6.09 Å². The average molecular weight is 573 g/mol. The Kier molecular flexibility index (Phi) is 8.49. The van der Waals surface area contributed by atoms with E-state index in [0.717, 1.165) is 43.2 Å². The predicted molar refractivity (Wildman–Crippen MR) is 148 cm³/mol. The molecule has 5 rings (SSSR count). The highest BCUT2D eigenvalue weighted by Crippen LogP contribution is 2.31. The highest BCUT2D eigenvalue weighted by Gasteiger charge is 2.34. The quantitative estimate of drug-likeness (QED) is 0.524. The zero-order valence-electron chi connectivity index (χ0n) is 23.1. The molecule has 0 saturated carbocycles. The summed E-state index contributed by atoms with van der Waals surface area (Å²) in [6.07, 6.45) is 0.294. The van der Waals surface area contributed by atoms with Crippen LogP contribution in [-0.2, 0) is 9.53 Å². The molecule has 2 aromatic rings. The van der Waals surface area contributed by atoms with Crippen LogP contribution in [-0.4, -0.2) is 111 Å². The van der Waals surface area contributed by atoms with Crippen molar-refractivity contribution in [2.45, 2.75) is 13.0 Å². The number of ether oxygens (including phenoxy) is 1. The van der Waals surface area contributed by atoms with Gasteiger partial charge in [-0.25, -0.2) is 24.0 Å². The number of amides is 3. The number of aromatic nitrogens is 1. The summed E-state index contributed by atoms with van der Waals surface area (Å²) in [4.78, 5) is 48.5. The molecule has 220 valence electrons. The number of pyridine rings is 1. The molecule has 1 atom stereocenters. The number of hydrogen-bond acceptors (Lipinski definition) is 9. The number of carbonyl (C=O) groups is 3. The van der Waals surface area contributed by atoms with E-state index in [1.807, 2.05) is 0 Å². The summed E-state index contributed by atoms with van der Waals surface area (Å²) in [5.74, 6) is -1.57. The van der Waals surface area contributed by atoms with Gasteiger partial charge in [0.05, 0.1) is 30.9 Å². The van der Waals surface area contributed by atoms with E-state index in [1.54, 1.807) is 23.2 Å². The van der Waals surface area contributed by atoms with Crippen molar-refractivity contribution in [2.24, 2.45) is 0 Å². The zero-order chi connectivity index (χ0) is 29.1. The Hall–Kier alpha value is -4.04. The van der Waals surface area contributed by atoms with Crippen molar-refractivity contribution in [1.29, 1.82) is 0 Å². The first kappa shape index (κ1) is 28.5. The standard InChI is InChI=1S/C27H34F2N8O4/c1-18(38)31-16-20-17-36(27(40)41-20)19-14-22(28)24(23(29)15-19)34-7-6-32-37(13-12-34)26(39)21-4-3-5-30-25(21)35-10-8-33(2)9-11-35/h3-5,14-15,20,32H,6-13,16-17H2,1-2H3,(H,31,38)/t20-/m0/s1. The van der Waals surface area contributed by atoms with Gasteiger partial charge in [0.2, 0.25) is 5.91 Å². The summed E-state index contributed by atoms with van der Waals surface area (Å²) in [7, 11) is 2.06. The lowest BCUT2D eigenvalue weighted by Gasteiger charge is -2.34. The van der Waals surface area contributed by atoms with Gasteiger partial charge in [-0.05, 0) is 19.2 Å². The van der Waals surface area contributed by atoms with Crippen molar-refractivity contribution in [1.82, 2.24) is 25.6 Å². The van der Waals surface area contributed by atoms with Crippen LogP contribution in [0.3, 0.4) is 0 Å². The zero-order valence-corrected chi connectivity index (χ0v) is 23.1. The number of benzene rings is 1. The van der Waals surface area contributed by atoms with Gasteiger partial charge in [-0.15, -0.1) is 0 Å². The Bertz CT molecular complexity index is 1280. The second-order valence-corrected chi connectivity index (χ2v) is 10.3. The SMILES string of the molecule is CC(=O)NC[C@H]1CN(c2cc(F)c(N3CCNN(C(=O)c4cccnc4N4CCN(C)CC4)CC3)c(F)c2)C(=O)O1. The first-order chi connectivity index (χ1) is 19.7. The second-order valence-electron chi connectivity index (χ2n) is 10.3. The van der Waals surface area contributed by atoms with Crippen molar-refractivity contribution in [2.75, 3.05) is 87.2 Å². The molecule has 0 aliphatic carbocycles. The number of nitrogens with zero attached hydrogens (tertiary/aromatic N) is 6. The summed E-state index contributed by atoms with van der Waals surface area (Å²) >= 11 is 0. The van der Waals surface area contributed by atoms with E-state index in [1.165, 1.54) is 11.9 Å².